The quantitative estimate of drug-likeness (QED) is 0.724. The molecule has 1 unspecified atom stereocenters. The van der Waals surface area contributed by atoms with E-state index in [9.17, 15) is 9.59 Å². The Bertz CT molecular complexity index is 407. The minimum Gasteiger partial charge on any atom is -0.352 e. The second-order valence-corrected chi connectivity index (χ2v) is 5.98. The second kappa shape index (κ2) is 9.91. The number of Topliss-reactive ketones (excluding diaryl/α,β-unsaturated/α-hetero) is 1. The number of carbonyl (C=O) groups excluding carboxylic acids is 2. The molecule has 1 aromatic heterocycles. The summed E-state index contributed by atoms with van der Waals surface area (Å²) in [6.07, 6.45) is 1.34. The van der Waals surface area contributed by atoms with Gasteiger partial charge in [-0.05, 0) is 23.8 Å². The van der Waals surface area contributed by atoms with Gasteiger partial charge >= 0.3 is 0 Å². The smallest absolute Gasteiger partial charge is 0.220 e. The van der Waals surface area contributed by atoms with E-state index in [0.717, 1.165) is 6.42 Å². The molecule has 6 heteroatoms. The zero-order valence-corrected chi connectivity index (χ0v) is 13.6. The van der Waals surface area contributed by atoms with Crippen LogP contribution in [0.3, 0.4) is 0 Å². The predicted molar refractivity (Wildman–Crippen MR) is 85.6 cm³/mol. The number of hydrogen-bond acceptors (Lipinski definition) is 4. The topological polar surface area (TPSA) is 72.2 Å². The van der Waals surface area contributed by atoms with Gasteiger partial charge in [0, 0.05) is 25.4 Å². The molecule has 1 amide bonds. The van der Waals surface area contributed by atoms with E-state index in [0.29, 0.717) is 17.3 Å². The summed E-state index contributed by atoms with van der Waals surface area (Å²) in [5.41, 5.74) is 5.62. The van der Waals surface area contributed by atoms with Gasteiger partial charge < -0.3 is 11.1 Å². The summed E-state index contributed by atoms with van der Waals surface area (Å²) in [6, 6.07) is 3.63. The highest BCUT2D eigenvalue weighted by atomic mass is 35.5. The SMILES string of the molecule is CC(C)CC(CN)NC(=O)CCC(=O)c1cccs1.Cl. The average molecular weight is 319 g/mol. The van der Waals surface area contributed by atoms with Gasteiger partial charge in [0.25, 0.3) is 0 Å². The number of nitrogens with one attached hydrogen (secondary N) is 1. The molecule has 0 aliphatic rings. The fourth-order valence-electron chi connectivity index (χ4n) is 1.87. The van der Waals surface area contributed by atoms with Crippen molar-refractivity contribution < 1.29 is 9.59 Å². The monoisotopic (exact) mass is 318 g/mol. The molecule has 0 bridgehead atoms. The first-order valence-electron chi connectivity index (χ1n) is 6.59. The van der Waals surface area contributed by atoms with Crippen molar-refractivity contribution in [2.45, 2.75) is 39.2 Å². The van der Waals surface area contributed by atoms with Crippen LogP contribution in [0.5, 0.6) is 0 Å². The first-order valence-corrected chi connectivity index (χ1v) is 7.47. The zero-order chi connectivity index (χ0) is 14.3. The van der Waals surface area contributed by atoms with Gasteiger partial charge in [-0.2, -0.15) is 0 Å². The first kappa shape index (κ1) is 19.1. The first-order chi connectivity index (χ1) is 9.02. The van der Waals surface area contributed by atoms with Gasteiger partial charge in [0.1, 0.15) is 0 Å². The van der Waals surface area contributed by atoms with Crippen molar-refractivity contribution in [1.29, 1.82) is 0 Å². The fraction of sp³-hybridized carbons (Fsp3) is 0.571. The lowest BCUT2D eigenvalue weighted by Crippen LogP contribution is -2.41. The van der Waals surface area contributed by atoms with Crippen molar-refractivity contribution in [3.05, 3.63) is 22.4 Å². The number of rotatable bonds is 8. The van der Waals surface area contributed by atoms with E-state index in [2.05, 4.69) is 19.2 Å². The molecule has 0 spiro atoms. The Morgan fingerprint density at radius 3 is 2.55 bits per heavy atom. The number of halogens is 1. The standard InChI is InChI=1S/C14H22N2O2S.ClH/c1-10(2)8-11(9-15)16-14(18)6-5-12(17)13-4-3-7-19-13;/h3-4,7,10-11H,5-6,8-9,15H2,1-2H3,(H,16,18);1H. The van der Waals surface area contributed by atoms with Crippen LogP contribution in [-0.2, 0) is 4.79 Å². The highest BCUT2D eigenvalue weighted by Crippen LogP contribution is 2.12. The van der Waals surface area contributed by atoms with Gasteiger partial charge in [0.15, 0.2) is 5.78 Å². The minimum absolute atomic E-state index is 0. The van der Waals surface area contributed by atoms with Gasteiger partial charge in [-0.3, -0.25) is 9.59 Å². The average Bonchev–Trinajstić information content (AvgIpc) is 2.88. The van der Waals surface area contributed by atoms with Gasteiger partial charge in [0.05, 0.1) is 4.88 Å². The summed E-state index contributed by atoms with van der Waals surface area (Å²) >= 11 is 1.41. The lowest BCUT2D eigenvalue weighted by atomic mass is 10.0. The van der Waals surface area contributed by atoms with Gasteiger partial charge in [0.2, 0.25) is 5.91 Å². The largest absolute Gasteiger partial charge is 0.352 e. The van der Waals surface area contributed by atoms with Crippen molar-refractivity contribution in [2.24, 2.45) is 11.7 Å². The van der Waals surface area contributed by atoms with Crippen LogP contribution in [0.1, 0.15) is 42.8 Å². The highest BCUT2D eigenvalue weighted by molar-refractivity contribution is 7.12. The predicted octanol–water partition coefficient (Wildman–Crippen LogP) is 2.62. The maximum atomic E-state index is 11.8. The van der Waals surface area contributed by atoms with Gasteiger partial charge in [-0.25, -0.2) is 0 Å². The van der Waals surface area contributed by atoms with Gasteiger partial charge in [-0.15, -0.1) is 23.7 Å². The molecular formula is C14H23ClN2O2S. The van der Waals surface area contributed by atoms with Crippen LogP contribution in [0, 0.1) is 5.92 Å². The zero-order valence-electron chi connectivity index (χ0n) is 11.9. The Morgan fingerprint density at radius 2 is 2.05 bits per heavy atom. The summed E-state index contributed by atoms with van der Waals surface area (Å²) in [5, 5.41) is 4.75. The summed E-state index contributed by atoms with van der Waals surface area (Å²) in [6.45, 7) is 4.62. The fourth-order valence-corrected chi connectivity index (χ4v) is 2.56. The summed E-state index contributed by atoms with van der Waals surface area (Å²) in [7, 11) is 0. The number of thiophene rings is 1. The van der Waals surface area contributed by atoms with Crippen LogP contribution in [-0.4, -0.2) is 24.3 Å². The van der Waals surface area contributed by atoms with Crippen molar-refractivity contribution in [1.82, 2.24) is 5.32 Å². The van der Waals surface area contributed by atoms with E-state index < -0.39 is 0 Å². The Labute approximate surface area is 130 Å². The number of ketones is 1. The highest BCUT2D eigenvalue weighted by Gasteiger charge is 2.14. The molecule has 4 nitrogen and oxygen atoms in total. The summed E-state index contributed by atoms with van der Waals surface area (Å²) < 4.78 is 0. The Hall–Kier alpha value is -0.910. The van der Waals surface area contributed by atoms with Crippen LogP contribution in [0.2, 0.25) is 0 Å². The number of amides is 1. The molecule has 0 aliphatic carbocycles. The van der Waals surface area contributed by atoms with E-state index in [1.165, 1.54) is 11.3 Å². The molecular weight excluding hydrogens is 296 g/mol. The van der Waals surface area contributed by atoms with Crippen LogP contribution in [0.4, 0.5) is 0 Å². The maximum Gasteiger partial charge on any atom is 0.220 e. The second-order valence-electron chi connectivity index (χ2n) is 5.03. The molecule has 20 heavy (non-hydrogen) atoms. The molecule has 1 aromatic rings. The molecule has 1 heterocycles. The molecule has 114 valence electrons. The third-order valence-electron chi connectivity index (χ3n) is 2.78. The molecule has 0 fully saturated rings. The van der Waals surface area contributed by atoms with E-state index in [1.54, 1.807) is 6.07 Å². The minimum atomic E-state index is -0.0963. The number of carbonyl (C=O) groups is 2. The van der Waals surface area contributed by atoms with Crippen molar-refractivity contribution in [3.8, 4) is 0 Å². The molecule has 0 radical (unpaired) electrons. The number of hydrogen-bond donors (Lipinski definition) is 2. The van der Waals surface area contributed by atoms with Crippen LogP contribution >= 0.6 is 23.7 Å². The van der Waals surface area contributed by atoms with Crippen molar-refractivity contribution >= 4 is 35.4 Å². The Kier molecular flexibility index (Phi) is 9.46. The third-order valence-corrected chi connectivity index (χ3v) is 3.69. The molecule has 0 saturated carbocycles. The molecule has 3 N–H and O–H groups in total. The van der Waals surface area contributed by atoms with Gasteiger partial charge in [-0.1, -0.05) is 19.9 Å². The van der Waals surface area contributed by atoms with E-state index in [-0.39, 0.29) is 43.0 Å². The lowest BCUT2D eigenvalue weighted by molar-refractivity contribution is -0.121. The van der Waals surface area contributed by atoms with E-state index in [4.69, 9.17) is 5.73 Å². The molecule has 0 aromatic carbocycles. The van der Waals surface area contributed by atoms with Crippen LogP contribution < -0.4 is 11.1 Å². The third kappa shape index (κ3) is 7.03. The lowest BCUT2D eigenvalue weighted by Gasteiger charge is -2.18. The number of nitrogens with two attached hydrogens (primary N) is 1. The summed E-state index contributed by atoms with van der Waals surface area (Å²) in [4.78, 5) is 24.2. The van der Waals surface area contributed by atoms with E-state index >= 15 is 0 Å². The Morgan fingerprint density at radius 1 is 1.35 bits per heavy atom. The van der Waals surface area contributed by atoms with Crippen molar-refractivity contribution in [2.75, 3.05) is 6.54 Å². The summed E-state index contributed by atoms with van der Waals surface area (Å²) in [5.74, 6) is 0.418. The maximum absolute atomic E-state index is 11.8. The molecule has 0 aliphatic heterocycles. The molecule has 1 atom stereocenters. The molecule has 1 rings (SSSR count). The Balaban J connectivity index is 0.00000361. The van der Waals surface area contributed by atoms with E-state index in [1.807, 2.05) is 11.4 Å². The molecule has 0 saturated heterocycles. The van der Waals surface area contributed by atoms with Crippen LogP contribution in [0.25, 0.3) is 0 Å². The normalized spacial score (nSPS) is 11.8. The van der Waals surface area contributed by atoms with Crippen LogP contribution in [0.15, 0.2) is 17.5 Å². The van der Waals surface area contributed by atoms with Crippen molar-refractivity contribution in [3.63, 3.8) is 0 Å².